The molecule has 0 aliphatic rings. The van der Waals surface area contributed by atoms with Crippen LogP contribution in [-0.4, -0.2) is 19.9 Å². The van der Waals surface area contributed by atoms with Crippen LogP contribution in [0.1, 0.15) is 33.6 Å². The summed E-state index contributed by atoms with van der Waals surface area (Å²) in [7, 11) is 0. The van der Waals surface area contributed by atoms with E-state index in [0.717, 1.165) is 11.0 Å². The zero-order valence-corrected chi connectivity index (χ0v) is 11.9. The minimum atomic E-state index is -0.311. The maximum Gasteiger partial charge on any atom is 0.267 e. The van der Waals surface area contributed by atoms with Gasteiger partial charge in [0.05, 0.1) is 10.4 Å². The molecule has 6 nitrogen and oxygen atoms in total. The van der Waals surface area contributed by atoms with Gasteiger partial charge in [-0.25, -0.2) is 4.68 Å². The van der Waals surface area contributed by atoms with Crippen molar-refractivity contribution in [1.82, 2.24) is 15.0 Å². The zero-order valence-electron chi connectivity index (χ0n) is 11.9. The molecule has 2 aromatic rings. The van der Waals surface area contributed by atoms with Crippen LogP contribution in [0.25, 0.3) is 16.7 Å². The van der Waals surface area contributed by atoms with E-state index in [1.165, 1.54) is 0 Å². The van der Waals surface area contributed by atoms with E-state index < -0.39 is 0 Å². The van der Waals surface area contributed by atoms with Gasteiger partial charge in [0, 0.05) is 6.42 Å². The van der Waals surface area contributed by atoms with E-state index in [1.807, 2.05) is 38.1 Å². The van der Waals surface area contributed by atoms with Gasteiger partial charge < -0.3 is 0 Å². The van der Waals surface area contributed by atoms with E-state index in [2.05, 4.69) is 10.3 Å². The molecule has 0 spiro atoms. The summed E-state index contributed by atoms with van der Waals surface area (Å²) in [6, 6.07) is 7.49. The monoisotopic (exact) mass is 274 g/mol. The molecule has 6 heteroatoms. The first kappa shape index (κ1) is 14.2. The van der Waals surface area contributed by atoms with Crippen molar-refractivity contribution in [3.63, 3.8) is 0 Å². The molecule has 20 heavy (non-hydrogen) atoms. The van der Waals surface area contributed by atoms with Gasteiger partial charge >= 0.3 is 0 Å². The lowest BCUT2D eigenvalue weighted by atomic mass is 10.1. The van der Waals surface area contributed by atoms with Gasteiger partial charge in [-0.2, -0.15) is 0 Å². The fraction of sp³-hybridized carbons (Fsp3) is 0.429. The Morgan fingerprint density at radius 1 is 1.40 bits per heavy atom. The van der Waals surface area contributed by atoms with E-state index in [1.54, 1.807) is 11.6 Å². The largest absolute Gasteiger partial charge is 0.267 e. The standard InChI is InChI=1S/C14H18N4O2/c1-4-12(18(19)20)14(9-10(2)3)17-13-8-6-5-7-11(13)15-16-17/h5-8,10H,4,9H2,1-3H3/b14-12+. The van der Waals surface area contributed by atoms with Crippen LogP contribution >= 0.6 is 0 Å². The summed E-state index contributed by atoms with van der Waals surface area (Å²) in [6.45, 7) is 5.86. The van der Waals surface area contributed by atoms with Gasteiger partial charge in [-0.15, -0.1) is 5.10 Å². The zero-order chi connectivity index (χ0) is 14.7. The first-order valence-electron chi connectivity index (χ1n) is 6.71. The molecule has 106 valence electrons. The first-order chi connectivity index (χ1) is 9.54. The Bertz CT molecular complexity index is 658. The summed E-state index contributed by atoms with van der Waals surface area (Å²) in [5.41, 5.74) is 2.37. The third-order valence-electron chi connectivity index (χ3n) is 3.10. The Balaban J connectivity index is 2.65. The Hall–Kier alpha value is -2.24. The third kappa shape index (κ3) is 2.68. The lowest BCUT2D eigenvalue weighted by molar-refractivity contribution is -0.427. The molecule has 0 radical (unpaired) electrons. The number of allylic oxidation sites excluding steroid dienone is 2. The molecular formula is C14H18N4O2. The number of nitrogens with zero attached hydrogens (tertiary/aromatic N) is 4. The molecule has 1 heterocycles. The summed E-state index contributed by atoms with van der Waals surface area (Å²) >= 11 is 0. The second-order valence-electron chi connectivity index (χ2n) is 5.09. The minimum absolute atomic E-state index is 0.203. The van der Waals surface area contributed by atoms with E-state index in [4.69, 9.17) is 0 Å². The highest BCUT2D eigenvalue weighted by atomic mass is 16.6. The molecule has 0 aliphatic carbocycles. The second kappa shape index (κ2) is 5.81. The number of hydrogen-bond acceptors (Lipinski definition) is 4. The van der Waals surface area contributed by atoms with E-state index in [-0.39, 0.29) is 10.6 Å². The van der Waals surface area contributed by atoms with Crippen LogP contribution in [-0.2, 0) is 0 Å². The van der Waals surface area contributed by atoms with Gasteiger partial charge in [0.25, 0.3) is 5.70 Å². The number of fused-ring (bicyclic) bond motifs is 1. The predicted molar refractivity (Wildman–Crippen MR) is 77.5 cm³/mol. The Labute approximate surface area is 117 Å². The highest BCUT2D eigenvalue weighted by Gasteiger charge is 2.21. The Morgan fingerprint density at radius 2 is 2.10 bits per heavy atom. The molecular weight excluding hydrogens is 256 g/mol. The van der Waals surface area contributed by atoms with Gasteiger partial charge in [0.15, 0.2) is 0 Å². The number of benzene rings is 1. The topological polar surface area (TPSA) is 73.8 Å². The van der Waals surface area contributed by atoms with Gasteiger partial charge in [0.2, 0.25) is 0 Å². The molecule has 0 aliphatic heterocycles. The number of rotatable bonds is 5. The number of nitro groups is 1. The van der Waals surface area contributed by atoms with Crippen molar-refractivity contribution in [3.8, 4) is 0 Å². The molecule has 0 fully saturated rings. The fourth-order valence-corrected chi connectivity index (χ4v) is 2.22. The van der Waals surface area contributed by atoms with Gasteiger partial charge in [-0.1, -0.05) is 38.1 Å². The van der Waals surface area contributed by atoms with Crippen molar-refractivity contribution in [2.24, 2.45) is 5.92 Å². The van der Waals surface area contributed by atoms with Crippen LogP contribution in [0, 0.1) is 16.0 Å². The fourth-order valence-electron chi connectivity index (χ4n) is 2.22. The van der Waals surface area contributed by atoms with E-state index in [9.17, 15) is 10.1 Å². The smallest absolute Gasteiger partial charge is 0.259 e. The van der Waals surface area contributed by atoms with Crippen LogP contribution in [0.4, 0.5) is 0 Å². The van der Waals surface area contributed by atoms with Crippen molar-refractivity contribution in [1.29, 1.82) is 0 Å². The van der Waals surface area contributed by atoms with Gasteiger partial charge in [-0.3, -0.25) is 10.1 Å². The van der Waals surface area contributed by atoms with Gasteiger partial charge in [0.1, 0.15) is 11.2 Å². The third-order valence-corrected chi connectivity index (χ3v) is 3.10. The SMILES string of the molecule is CC/C(=C(/CC(C)C)n1nnc2ccccc21)[N+](=O)[O-]. The molecule has 0 atom stereocenters. The van der Waals surface area contributed by atoms with Crippen LogP contribution in [0.15, 0.2) is 30.0 Å². The van der Waals surface area contributed by atoms with Crippen LogP contribution in [0.3, 0.4) is 0 Å². The second-order valence-corrected chi connectivity index (χ2v) is 5.09. The first-order valence-corrected chi connectivity index (χ1v) is 6.71. The number of para-hydroxylation sites is 1. The van der Waals surface area contributed by atoms with Crippen molar-refractivity contribution in [2.45, 2.75) is 33.6 Å². The molecule has 1 aromatic heterocycles. The van der Waals surface area contributed by atoms with E-state index in [0.29, 0.717) is 24.5 Å². The predicted octanol–water partition coefficient (Wildman–Crippen LogP) is 3.33. The molecule has 0 unspecified atom stereocenters. The lowest BCUT2D eigenvalue weighted by Gasteiger charge is -2.11. The average molecular weight is 274 g/mol. The summed E-state index contributed by atoms with van der Waals surface area (Å²) in [4.78, 5) is 11.0. The number of aromatic nitrogens is 3. The van der Waals surface area contributed by atoms with E-state index >= 15 is 0 Å². The molecule has 2 rings (SSSR count). The molecule has 1 aromatic carbocycles. The number of hydrogen-bond donors (Lipinski definition) is 0. The highest BCUT2D eigenvalue weighted by Crippen LogP contribution is 2.25. The van der Waals surface area contributed by atoms with Gasteiger partial charge in [-0.05, 0) is 24.5 Å². The quantitative estimate of drug-likeness (QED) is 0.619. The van der Waals surface area contributed by atoms with Crippen molar-refractivity contribution < 1.29 is 4.92 Å². The van der Waals surface area contributed by atoms with Crippen LogP contribution in [0.5, 0.6) is 0 Å². The highest BCUT2D eigenvalue weighted by molar-refractivity contribution is 5.77. The Morgan fingerprint density at radius 3 is 2.70 bits per heavy atom. The van der Waals surface area contributed by atoms with Crippen molar-refractivity contribution in [2.75, 3.05) is 0 Å². The average Bonchev–Trinajstić information content (AvgIpc) is 2.81. The normalized spacial score (nSPS) is 12.8. The molecule has 0 saturated carbocycles. The lowest BCUT2D eigenvalue weighted by Crippen LogP contribution is -2.11. The summed E-state index contributed by atoms with van der Waals surface area (Å²) in [5, 5.41) is 19.5. The Kier molecular flexibility index (Phi) is 4.12. The molecule has 0 amide bonds. The molecule has 0 bridgehead atoms. The maximum absolute atomic E-state index is 11.3. The molecule has 0 saturated heterocycles. The summed E-state index contributed by atoms with van der Waals surface area (Å²) in [5.74, 6) is 0.300. The maximum atomic E-state index is 11.3. The van der Waals surface area contributed by atoms with Crippen molar-refractivity contribution in [3.05, 3.63) is 40.1 Å². The summed E-state index contributed by atoms with van der Waals surface area (Å²) < 4.78 is 1.61. The molecule has 0 N–H and O–H groups in total. The van der Waals surface area contributed by atoms with Crippen LogP contribution < -0.4 is 0 Å². The minimum Gasteiger partial charge on any atom is -0.259 e. The van der Waals surface area contributed by atoms with Crippen molar-refractivity contribution >= 4 is 16.7 Å². The van der Waals surface area contributed by atoms with Crippen LogP contribution in [0.2, 0.25) is 0 Å². The summed E-state index contributed by atoms with van der Waals surface area (Å²) in [6.07, 6.45) is 0.959.